The summed E-state index contributed by atoms with van der Waals surface area (Å²) in [5.41, 5.74) is 1.51. The Hall–Kier alpha value is -0.540. The van der Waals surface area contributed by atoms with Crippen LogP contribution in [0.2, 0.25) is 0 Å². The van der Waals surface area contributed by atoms with Crippen molar-refractivity contribution < 1.29 is 0 Å². The molecule has 1 aliphatic rings. The number of alkyl halides is 1. The van der Waals surface area contributed by atoms with Crippen molar-refractivity contribution in [3.63, 3.8) is 0 Å². The van der Waals surface area contributed by atoms with Crippen molar-refractivity contribution in [1.82, 2.24) is 15.1 Å². The van der Waals surface area contributed by atoms with Gasteiger partial charge in [-0.05, 0) is 37.7 Å². The summed E-state index contributed by atoms with van der Waals surface area (Å²) < 4.78 is 2.05. The first-order chi connectivity index (χ1) is 8.19. The zero-order chi connectivity index (χ0) is 12.3. The van der Waals surface area contributed by atoms with Crippen LogP contribution in [0, 0.1) is 5.41 Å². The number of hydrogen-bond acceptors (Lipinski definition) is 2. The summed E-state index contributed by atoms with van der Waals surface area (Å²) in [6, 6.07) is 2.58. The molecule has 0 amide bonds. The summed E-state index contributed by atoms with van der Waals surface area (Å²) in [5, 5.41) is 8.03. The monoisotopic (exact) mass is 255 g/mol. The summed E-state index contributed by atoms with van der Waals surface area (Å²) in [4.78, 5) is 0. The van der Waals surface area contributed by atoms with Gasteiger partial charge >= 0.3 is 0 Å². The quantitative estimate of drug-likeness (QED) is 0.760. The Kier molecular flexibility index (Phi) is 4.10. The Morgan fingerprint density at radius 3 is 2.94 bits per heavy atom. The Bertz CT molecular complexity index is 357. The molecule has 17 heavy (non-hydrogen) atoms. The highest BCUT2D eigenvalue weighted by Gasteiger charge is 2.41. The number of nitrogens with one attached hydrogen (secondary N) is 1. The first kappa shape index (κ1) is 12.9. The average molecular weight is 256 g/mol. The summed E-state index contributed by atoms with van der Waals surface area (Å²) in [5.74, 6) is 0.779. The van der Waals surface area contributed by atoms with Gasteiger partial charge in [-0.1, -0.05) is 6.92 Å². The molecule has 1 fully saturated rings. The van der Waals surface area contributed by atoms with Crippen molar-refractivity contribution in [2.24, 2.45) is 5.41 Å². The van der Waals surface area contributed by atoms with E-state index >= 15 is 0 Å². The molecule has 0 spiro atoms. The molecule has 1 aromatic rings. The number of nitrogens with zero attached hydrogens (tertiary/aromatic N) is 2. The molecule has 0 bridgehead atoms. The van der Waals surface area contributed by atoms with Crippen molar-refractivity contribution in [1.29, 1.82) is 0 Å². The third-order valence-electron chi connectivity index (χ3n) is 3.75. The van der Waals surface area contributed by atoms with Crippen LogP contribution in [0.25, 0.3) is 0 Å². The van der Waals surface area contributed by atoms with E-state index in [1.807, 2.05) is 4.68 Å². The summed E-state index contributed by atoms with van der Waals surface area (Å²) >= 11 is 5.94. The van der Waals surface area contributed by atoms with Gasteiger partial charge < -0.3 is 5.32 Å². The van der Waals surface area contributed by atoms with Crippen LogP contribution in [-0.2, 0) is 6.54 Å². The predicted octanol–water partition coefficient (Wildman–Crippen LogP) is 2.96. The van der Waals surface area contributed by atoms with E-state index in [4.69, 9.17) is 11.6 Å². The van der Waals surface area contributed by atoms with Crippen LogP contribution in [-0.4, -0.2) is 22.2 Å². The van der Waals surface area contributed by atoms with Gasteiger partial charge in [0.05, 0.1) is 5.69 Å². The highest BCUT2D eigenvalue weighted by Crippen LogP contribution is 2.45. The molecular formula is C13H22ClN3. The molecule has 0 saturated heterocycles. The molecule has 1 saturated carbocycles. The lowest BCUT2D eigenvalue weighted by molar-refractivity contribution is 0.464. The Morgan fingerprint density at radius 2 is 2.35 bits per heavy atom. The van der Waals surface area contributed by atoms with E-state index in [-0.39, 0.29) is 0 Å². The van der Waals surface area contributed by atoms with Gasteiger partial charge in [-0.25, -0.2) is 0 Å². The predicted molar refractivity (Wildman–Crippen MR) is 71.3 cm³/mol. The third kappa shape index (κ3) is 3.23. The van der Waals surface area contributed by atoms with Gasteiger partial charge in [0.1, 0.15) is 0 Å². The van der Waals surface area contributed by atoms with E-state index in [1.165, 1.54) is 12.8 Å². The molecule has 96 valence electrons. The van der Waals surface area contributed by atoms with Gasteiger partial charge in [-0.2, -0.15) is 5.10 Å². The van der Waals surface area contributed by atoms with Crippen molar-refractivity contribution in [2.45, 2.75) is 45.7 Å². The molecule has 2 rings (SSSR count). The normalized spacial score (nSPS) is 19.2. The molecule has 1 N–H and O–H groups in total. The SMILES string of the molecule is CCC(C)n1ccc(CNCC2(CCl)CC2)n1. The van der Waals surface area contributed by atoms with E-state index in [0.29, 0.717) is 11.5 Å². The van der Waals surface area contributed by atoms with Crippen molar-refractivity contribution in [2.75, 3.05) is 12.4 Å². The number of hydrogen-bond donors (Lipinski definition) is 1. The topological polar surface area (TPSA) is 29.9 Å². The number of aromatic nitrogens is 2. The Morgan fingerprint density at radius 1 is 1.59 bits per heavy atom. The number of halogens is 1. The second kappa shape index (κ2) is 5.40. The van der Waals surface area contributed by atoms with E-state index in [2.05, 4.69) is 36.5 Å². The molecule has 1 aromatic heterocycles. The van der Waals surface area contributed by atoms with Crippen LogP contribution in [0.15, 0.2) is 12.3 Å². The van der Waals surface area contributed by atoms with Crippen LogP contribution in [0.3, 0.4) is 0 Å². The summed E-state index contributed by atoms with van der Waals surface area (Å²) in [6.07, 6.45) is 5.72. The van der Waals surface area contributed by atoms with E-state index < -0.39 is 0 Å². The highest BCUT2D eigenvalue weighted by molar-refractivity contribution is 6.18. The minimum absolute atomic E-state index is 0.390. The third-order valence-corrected chi connectivity index (χ3v) is 4.32. The molecule has 1 aliphatic carbocycles. The van der Waals surface area contributed by atoms with E-state index in [9.17, 15) is 0 Å². The maximum absolute atomic E-state index is 5.94. The van der Waals surface area contributed by atoms with Gasteiger partial charge in [-0.15, -0.1) is 11.6 Å². The second-order valence-corrected chi connectivity index (χ2v) is 5.55. The minimum atomic E-state index is 0.390. The maximum atomic E-state index is 5.94. The van der Waals surface area contributed by atoms with Crippen LogP contribution >= 0.6 is 11.6 Å². The minimum Gasteiger partial charge on any atom is -0.311 e. The average Bonchev–Trinajstić information content (AvgIpc) is 2.98. The van der Waals surface area contributed by atoms with Gasteiger partial charge in [0.2, 0.25) is 0 Å². The fourth-order valence-corrected chi connectivity index (χ4v) is 2.26. The molecule has 1 heterocycles. The molecule has 1 unspecified atom stereocenters. The van der Waals surface area contributed by atoms with Crippen LogP contribution in [0.5, 0.6) is 0 Å². The second-order valence-electron chi connectivity index (χ2n) is 5.28. The van der Waals surface area contributed by atoms with Crippen molar-refractivity contribution in [3.05, 3.63) is 18.0 Å². The maximum Gasteiger partial charge on any atom is 0.0762 e. The van der Waals surface area contributed by atoms with Crippen LogP contribution < -0.4 is 5.32 Å². The molecule has 0 aromatic carbocycles. The first-order valence-corrected chi connectivity index (χ1v) is 7.03. The number of rotatable bonds is 7. The lowest BCUT2D eigenvalue weighted by atomic mass is 10.1. The zero-order valence-corrected chi connectivity index (χ0v) is 11.5. The van der Waals surface area contributed by atoms with E-state index in [0.717, 1.165) is 31.1 Å². The lowest BCUT2D eigenvalue weighted by Crippen LogP contribution is -2.25. The van der Waals surface area contributed by atoms with Gasteiger partial charge in [0.25, 0.3) is 0 Å². The molecule has 1 atom stereocenters. The Balaban J connectivity index is 1.77. The summed E-state index contributed by atoms with van der Waals surface area (Å²) in [6.45, 7) is 6.24. The first-order valence-electron chi connectivity index (χ1n) is 6.50. The highest BCUT2D eigenvalue weighted by atomic mass is 35.5. The van der Waals surface area contributed by atoms with E-state index in [1.54, 1.807) is 0 Å². The molecule has 0 aliphatic heterocycles. The standard InChI is InChI=1S/C13H22ClN3/c1-3-11(2)17-7-4-12(16-17)8-15-10-13(9-14)5-6-13/h4,7,11,15H,3,5-6,8-10H2,1-2H3. The Labute approximate surface area is 109 Å². The molecular weight excluding hydrogens is 234 g/mol. The zero-order valence-electron chi connectivity index (χ0n) is 10.7. The van der Waals surface area contributed by atoms with Crippen LogP contribution in [0.4, 0.5) is 0 Å². The van der Waals surface area contributed by atoms with Gasteiger partial charge in [-0.3, -0.25) is 4.68 Å². The molecule has 4 heteroatoms. The molecule has 0 radical (unpaired) electrons. The van der Waals surface area contributed by atoms with Crippen molar-refractivity contribution in [3.8, 4) is 0 Å². The van der Waals surface area contributed by atoms with Gasteiger partial charge in [0.15, 0.2) is 0 Å². The molecule has 3 nitrogen and oxygen atoms in total. The van der Waals surface area contributed by atoms with Crippen LogP contribution in [0.1, 0.15) is 44.8 Å². The lowest BCUT2D eigenvalue weighted by Gasteiger charge is -2.11. The summed E-state index contributed by atoms with van der Waals surface area (Å²) in [7, 11) is 0. The van der Waals surface area contributed by atoms with Crippen molar-refractivity contribution >= 4 is 11.6 Å². The van der Waals surface area contributed by atoms with Gasteiger partial charge in [0, 0.05) is 31.2 Å². The largest absolute Gasteiger partial charge is 0.311 e. The smallest absolute Gasteiger partial charge is 0.0762 e. The fraction of sp³-hybridized carbons (Fsp3) is 0.769. The fourth-order valence-electron chi connectivity index (χ4n) is 1.89.